The van der Waals surface area contributed by atoms with E-state index in [1.807, 2.05) is 19.2 Å². The van der Waals surface area contributed by atoms with Gasteiger partial charge in [0.15, 0.2) is 0 Å². The fourth-order valence-corrected chi connectivity index (χ4v) is 2.81. The fourth-order valence-electron chi connectivity index (χ4n) is 2.81. The molecule has 0 unspecified atom stereocenters. The lowest BCUT2D eigenvalue weighted by molar-refractivity contribution is -0.116. The highest BCUT2D eigenvalue weighted by molar-refractivity contribution is 5.94. The van der Waals surface area contributed by atoms with Gasteiger partial charge in [-0.1, -0.05) is 25.0 Å². The lowest BCUT2D eigenvalue weighted by atomic mass is 10.2. The van der Waals surface area contributed by atoms with Crippen LogP contribution >= 0.6 is 24.8 Å². The Kier molecular flexibility index (Phi) is 11.9. The molecule has 4 nitrogen and oxygen atoms in total. The number of nitrogens with one attached hydrogen (secondary N) is 2. The van der Waals surface area contributed by atoms with Crippen molar-refractivity contribution in [2.45, 2.75) is 38.5 Å². The highest BCUT2D eigenvalue weighted by atomic mass is 35.5. The fraction of sp³-hybridized carbons (Fsp3) is 0.588. The Labute approximate surface area is 152 Å². The van der Waals surface area contributed by atoms with Crippen molar-refractivity contribution in [3.8, 4) is 0 Å². The van der Waals surface area contributed by atoms with Gasteiger partial charge in [-0.15, -0.1) is 24.8 Å². The van der Waals surface area contributed by atoms with Crippen LogP contribution in [-0.4, -0.2) is 32.6 Å². The molecular weight excluding hydrogens is 333 g/mol. The van der Waals surface area contributed by atoms with Gasteiger partial charge in [0.05, 0.1) is 11.4 Å². The number of rotatable bonds is 6. The first kappa shape index (κ1) is 22.0. The molecule has 1 aromatic carbocycles. The minimum Gasteiger partial charge on any atom is -0.370 e. The van der Waals surface area contributed by atoms with Gasteiger partial charge in [0.1, 0.15) is 0 Å². The number of hydrogen-bond donors (Lipinski definition) is 2. The van der Waals surface area contributed by atoms with Crippen LogP contribution in [0.15, 0.2) is 24.3 Å². The van der Waals surface area contributed by atoms with E-state index < -0.39 is 0 Å². The molecule has 132 valence electrons. The molecule has 0 saturated carbocycles. The van der Waals surface area contributed by atoms with E-state index in [9.17, 15) is 4.79 Å². The summed E-state index contributed by atoms with van der Waals surface area (Å²) in [6.07, 6.45) is 6.54. The maximum Gasteiger partial charge on any atom is 0.224 e. The third-order valence-electron chi connectivity index (χ3n) is 3.96. The van der Waals surface area contributed by atoms with E-state index in [0.29, 0.717) is 6.42 Å². The monoisotopic (exact) mass is 361 g/mol. The molecule has 1 amide bonds. The van der Waals surface area contributed by atoms with Crippen LogP contribution in [0.2, 0.25) is 0 Å². The first-order valence-corrected chi connectivity index (χ1v) is 8.09. The number of amides is 1. The van der Waals surface area contributed by atoms with Crippen molar-refractivity contribution in [2.75, 3.05) is 36.9 Å². The smallest absolute Gasteiger partial charge is 0.224 e. The molecule has 2 rings (SSSR count). The summed E-state index contributed by atoms with van der Waals surface area (Å²) in [5.41, 5.74) is 2.12. The molecule has 1 fully saturated rings. The van der Waals surface area contributed by atoms with E-state index in [1.54, 1.807) is 0 Å². The number of nitrogens with zero attached hydrogens (tertiary/aromatic N) is 1. The summed E-state index contributed by atoms with van der Waals surface area (Å²) in [5.74, 6) is 0.104. The number of para-hydroxylation sites is 2. The molecule has 0 atom stereocenters. The lowest BCUT2D eigenvalue weighted by Crippen LogP contribution is -2.25. The van der Waals surface area contributed by atoms with Crippen molar-refractivity contribution >= 4 is 42.1 Å². The van der Waals surface area contributed by atoms with Gasteiger partial charge in [-0.2, -0.15) is 0 Å². The summed E-state index contributed by atoms with van der Waals surface area (Å²) in [5, 5.41) is 6.15. The molecule has 0 aromatic heterocycles. The Bertz CT molecular complexity index is 449. The Morgan fingerprint density at radius 3 is 2.39 bits per heavy atom. The van der Waals surface area contributed by atoms with Crippen LogP contribution in [0.5, 0.6) is 0 Å². The standard InChI is InChI=1S/C17H27N3O.2ClH/c1-18-12-8-11-17(21)19-15-9-4-5-10-16(15)20-13-6-2-3-7-14-20;;/h4-5,9-10,18H,2-3,6-8,11-14H2,1H3,(H,19,21);2*1H. The molecule has 1 aliphatic rings. The summed E-state index contributed by atoms with van der Waals surface area (Å²) in [6.45, 7) is 3.06. The van der Waals surface area contributed by atoms with Gasteiger partial charge in [-0.05, 0) is 45.0 Å². The van der Waals surface area contributed by atoms with Crippen LogP contribution < -0.4 is 15.5 Å². The van der Waals surface area contributed by atoms with Gasteiger partial charge >= 0.3 is 0 Å². The van der Waals surface area contributed by atoms with Crippen molar-refractivity contribution in [2.24, 2.45) is 0 Å². The molecule has 1 heterocycles. The molecule has 2 N–H and O–H groups in total. The highest BCUT2D eigenvalue weighted by Crippen LogP contribution is 2.28. The van der Waals surface area contributed by atoms with Crippen LogP contribution in [0.1, 0.15) is 38.5 Å². The average Bonchev–Trinajstić information content (AvgIpc) is 2.77. The minimum absolute atomic E-state index is 0. The first-order valence-electron chi connectivity index (χ1n) is 8.09. The van der Waals surface area contributed by atoms with Crippen molar-refractivity contribution in [3.05, 3.63) is 24.3 Å². The van der Waals surface area contributed by atoms with E-state index >= 15 is 0 Å². The molecular formula is C17H29Cl2N3O. The van der Waals surface area contributed by atoms with Crippen molar-refractivity contribution < 1.29 is 4.79 Å². The summed E-state index contributed by atoms with van der Waals surface area (Å²) in [4.78, 5) is 14.4. The van der Waals surface area contributed by atoms with Gasteiger partial charge in [0.25, 0.3) is 0 Å². The maximum absolute atomic E-state index is 12.0. The molecule has 0 spiro atoms. The third kappa shape index (κ3) is 7.42. The van der Waals surface area contributed by atoms with Gasteiger partial charge in [0, 0.05) is 19.5 Å². The Morgan fingerprint density at radius 1 is 1.09 bits per heavy atom. The largest absolute Gasteiger partial charge is 0.370 e. The number of halogens is 2. The SMILES string of the molecule is CNCCCC(=O)Nc1ccccc1N1CCCCCC1.Cl.Cl. The molecule has 1 aromatic rings. The maximum atomic E-state index is 12.0. The first-order chi connectivity index (χ1) is 10.3. The second kappa shape index (κ2) is 12.5. The quantitative estimate of drug-likeness (QED) is 0.756. The zero-order chi connectivity index (χ0) is 14.9. The molecule has 23 heavy (non-hydrogen) atoms. The van der Waals surface area contributed by atoms with E-state index in [-0.39, 0.29) is 30.7 Å². The Morgan fingerprint density at radius 2 is 1.74 bits per heavy atom. The van der Waals surface area contributed by atoms with Gasteiger partial charge in [0.2, 0.25) is 5.91 Å². The predicted molar refractivity (Wildman–Crippen MR) is 103 cm³/mol. The van der Waals surface area contributed by atoms with Crippen LogP contribution in [0, 0.1) is 0 Å². The van der Waals surface area contributed by atoms with Crippen molar-refractivity contribution in [3.63, 3.8) is 0 Å². The normalized spacial score (nSPS) is 14.2. The van der Waals surface area contributed by atoms with Gasteiger partial charge in [-0.3, -0.25) is 4.79 Å². The number of benzene rings is 1. The molecule has 1 saturated heterocycles. The van der Waals surface area contributed by atoms with Gasteiger partial charge < -0.3 is 15.5 Å². The van der Waals surface area contributed by atoms with Crippen LogP contribution in [0.3, 0.4) is 0 Å². The number of hydrogen-bond acceptors (Lipinski definition) is 3. The summed E-state index contributed by atoms with van der Waals surface area (Å²) in [6, 6.07) is 8.17. The topological polar surface area (TPSA) is 44.4 Å². The van der Waals surface area contributed by atoms with Crippen LogP contribution in [0.25, 0.3) is 0 Å². The zero-order valence-electron chi connectivity index (χ0n) is 13.8. The van der Waals surface area contributed by atoms with E-state index in [2.05, 4.69) is 27.7 Å². The van der Waals surface area contributed by atoms with Crippen LogP contribution in [0.4, 0.5) is 11.4 Å². The molecule has 6 heteroatoms. The predicted octanol–water partition coefficient (Wildman–Crippen LogP) is 3.85. The zero-order valence-corrected chi connectivity index (χ0v) is 15.5. The molecule has 1 aliphatic heterocycles. The van der Waals surface area contributed by atoms with Crippen molar-refractivity contribution in [1.29, 1.82) is 0 Å². The highest BCUT2D eigenvalue weighted by Gasteiger charge is 2.14. The summed E-state index contributed by atoms with van der Waals surface area (Å²) >= 11 is 0. The number of anilines is 2. The van der Waals surface area contributed by atoms with E-state index in [4.69, 9.17) is 0 Å². The second-order valence-electron chi connectivity index (χ2n) is 5.67. The Hall–Kier alpha value is -0.970. The van der Waals surface area contributed by atoms with Crippen molar-refractivity contribution in [1.82, 2.24) is 5.32 Å². The molecule has 0 aliphatic carbocycles. The second-order valence-corrected chi connectivity index (χ2v) is 5.67. The minimum atomic E-state index is 0. The number of carbonyl (C=O) groups excluding carboxylic acids is 1. The molecule has 0 radical (unpaired) electrons. The van der Waals surface area contributed by atoms with Gasteiger partial charge in [-0.25, -0.2) is 0 Å². The molecule has 0 bridgehead atoms. The summed E-state index contributed by atoms with van der Waals surface area (Å²) in [7, 11) is 1.91. The average molecular weight is 362 g/mol. The number of carbonyl (C=O) groups is 1. The van der Waals surface area contributed by atoms with Crippen LogP contribution in [-0.2, 0) is 4.79 Å². The summed E-state index contributed by atoms with van der Waals surface area (Å²) < 4.78 is 0. The third-order valence-corrected chi connectivity index (χ3v) is 3.96. The van der Waals surface area contributed by atoms with E-state index in [1.165, 1.54) is 31.4 Å². The van der Waals surface area contributed by atoms with E-state index in [0.717, 1.165) is 31.7 Å². The Balaban J connectivity index is 0.00000242. The lowest BCUT2D eigenvalue weighted by Gasteiger charge is -2.25.